The molecule has 0 spiro atoms. The number of aromatic nitrogens is 1. The van der Waals surface area contributed by atoms with Crippen LogP contribution in [0.15, 0.2) is 4.42 Å². The van der Waals surface area contributed by atoms with E-state index in [1.165, 1.54) is 0 Å². The monoisotopic (exact) mass is 197 g/mol. The van der Waals surface area contributed by atoms with Crippen LogP contribution in [0, 0.1) is 0 Å². The van der Waals surface area contributed by atoms with Gasteiger partial charge in [0, 0.05) is 11.8 Å². The average Bonchev–Trinajstić information content (AvgIpc) is 2.47. The van der Waals surface area contributed by atoms with Crippen molar-refractivity contribution in [3.8, 4) is 0 Å². The van der Waals surface area contributed by atoms with Gasteiger partial charge in [-0.05, 0) is 0 Å². The van der Waals surface area contributed by atoms with Crippen molar-refractivity contribution in [2.24, 2.45) is 0 Å². The number of aromatic carboxylic acids is 1. The van der Waals surface area contributed by atoms with Gasteiger partial charge in [0.05, 0.1) is 0 Å². The average molecular weight is 197 g/mol. The largest absolute Gasteiger partial charge is 0.476 e. The van der Waals surface area contributed by atoms with Gasteiger partial charge in [0.15, 0.2) is 11.6 Å². The van der Waals surface area contributed by atoms with Crippen LogP contribution in [0.25, 0.3) is 0 Å². The van der Waals surface area contributed by atoms with E-state index in [-0.39, 0.29) is 17.5 Å². The van der Waals surface area contributed by atoms with E-state index < -0.39 is 5.97 Å². The van der Waals surface area contributed by atoms with Crippen molar-refractivity contribution in [1.82, 2.24) is 4.98 Å². The molecule has 0 aliphatic rings. The zero-order chi connectivity index (χ0) is 10.9. The van der Waals surface area contributed by atoms with Crippen molar-refractivity contribution in [3.05, 3.63) is 17.3 Å². The summed E-state index contributed by atoms with van der Waals surface area (Å²) in [6.45, 7) is 7.61. The lowest BCUT2D eigenvalue weighted by Crippen LogP contribution is -2.02. The Kier molecular flexibility index (Phi) is 2.93. The molecule has 1 aromatic rings. The van der Waals surface area contributed by atoms with E-state index in [1.54, 1.807) is 0 Å². The maximum Gasteiger partial charge on any atom is 0.358 e. The van der Waals surface area contributed by atoms with Crippen molar-refractivity contribution in [1.29, 1.82) is 0 Å². The summed E-state index contributed by atoms with van der Waals surface area (Å²) >= 11 is 0. The second-order valence-corrected chi connectivity index (χ2v) is 3.88. The Morgan fingerprint density at radius 3 is 2.14 bits per heavy atom. The molecule has 0 aliphatic carbocycles. The van der Waals surface area contributed by atoms with E-state index in [0.717, 1.165) is 0 Å². The van der Waals surface area contributed by atoms with Crippen LogP contribution in [-0.4, -0.2) is 16.1 Å². The lowest BCUT2D eigenvalue weighted by atomic mass is 10.1. The summed E-state index contributed by atoms with van der Waals surface area (Å²) in [5, 5.41) is 8.89. The first-order chi connectivity index (χ1) is 6.43. The molecule has 0 amide bonds. The van der Waals surface area contributed by atoms with Crippen molar-refractivity contribution >= 4 is 5.97 Å². The zero-order valence-corrected chi connectivity index (χ0v) is 8.87. The molecule has 1 aromatic heterocycles. The predicted molar refractivity (Wildman–Crippen MR) is 51.6 cm³/mol. The predicted octanol–water partition coefficient (Wildman–Crippen LogP) is 2.62. The Hall–Kier alpha value is -1.32. The molecule has 0 aromatic carbocycles. The Labute approximate surface area is 83.0 Å². The molecule has 4 heteroatoms. The van der Waals surface area contributed by atoms with Crippen LogP contribution in [-0.2, 0) is 0 Å². The molecule has 1 N–H and O–H groups in total. The third-order valence-corrected chi connectivity index (χ3v) is 1.89. The minimum atomic E-state index is -1.02. The highest BCUT2D eigenvalue weighted by atomic mass is 16.4. The van der Waals surface area contributed by atoms with Crippen molar-refractivity contribution < 1.29 is 14.3 Å². The van der Waals surface area contributed by atoms with Gasteiger partial charge in [0.25, 0.3) is 0 Å². The van der Waals surface area contributed by atoms with Gasteiger partial charge >= 0.3 is 5.97 Å². The van der Waals surface area contributed by atoms with Gasteiger partial charge < -0.3 is 9.52 Å². The van der Waals surface area contributed by atoms with Crippen LogP contribution in [0.4, 0.5) is 0 Å². The van der Waals surface area contributed by atoms with Crippen molar-refractivity contribution in [2.45, 2.75) is 39.5 Å². The van der Waals surface area contributed by atoms with Gasteiger partial charge in [-0.2, -0.15) is 0 Å². The summed E-state index contributed by atoms with van der Waals surface area (Å²) in [6, 6.07) is 0. The molecule has 0 atom stereocenters. The highest BCUT2D eigenvalue weighted by Crippen LogP contribution is 2.24. The van der Waals surface area contributed by atoms with Crippen LogP contribution in [0.5, 0.6) is 0 Å². The summed E-state index contributed by atoms with van der Waals surface area (Å²) < 4.78 is 5.41. The molecule has 0 saturated carbocycles. The number of carboxylic acid groups (broad SMARTS) is 1. The quantitative estimate of drug-likeness (QED) is 0.808. The molecule has 1 rings (SSSR count). The van der Waals surface area contributed by atoms with Crippen molar-refractivity contribution in [3.63, 3.8) is 0 Å². The molecular formula is C10H15NO3. The van der Waals surface area contributed by atoms with E-state index >= 15 is 0 Å². The molecule has 0 aliphatic heterocycles. The van der Waals surface area contributed by atoms with Gasteiger partial charge in [-0.1, -0.05) is 27.7 Å². The molecule has 1 heterocycles. The molecule has 0 saturated heterocycles. The zero-order valence-electron chi connectivity index (χ0n) is 8.87. The second-order valence-electron chi connectivity index (χ2n) is 3.88. The number of carbonyl (C=O) groups is 1. The lowest BCUT2D eigenvalue weighted by Gasteiger charge is -2.00. The Morgan fingerprint density at radius 1 is 1.29 bits per heavy atom. The minimum absolute atomic E-state index is 0.0427. The van der Waals surface area contributed by atoms with Gasteiger partial charge in [-0.15, -0.1) is 0 Å². The normalized spacial score (nSPS) is 11.3. The number of nitrogens with zero attached hydrogens (tertiary/aromatic N) is 1. The first-order valence-electron chi connectivity index (χ1n) is 4.67. The van der Waals surface area contributed by atoms with Crippen LogP contribution in [0.2, 0.25) is 0 Å². The summed E-state index contributed by atoms with van der Waals surface area (Å²) in [4.78, 5) is 14.8. The highest BCUT2D eigenvalue weighted by Gasteiger charge is 2.22. The molecule has 4 nitrogen and oxygen atoms in total. The van der Waals surface area contributed by atoms with Crippen LogP contribution in [0.3, 0.4) is 0 Å². The fraction of sp³-hybridized carbons (Fsp3) is 0.600. The first-order valence-corrected chi connectivity index (χ1v) is 4.67. The SMILES string of the molecule is CC(C)c1nc(C(=O)O)c(C(C)C)o1. The number of hydrogen-bond donors (Lipinski definition) is 1. The summed E-state index contributed by atoms with van der Waals surface area (Å²) in [6.07, 6.45) is 0. The Balaban J connectivity index is 3.19. The van der Waals surface area contributed by atoms with Gasteiger partial charge in [0.1, 0.15) is 5.76 Å². The molecule has 0 bridgehead atoms. The number of oxazole rings is 1. The molecule has 0 fully saturated rings. The number of rotatable bonds is 3. The van der Waals surface area contributed by atoms with E-state index in [1.807, 2.05) is 27.7 Å². The minimum Gasteiger partial charge on any atom is -0.476 e. The maximum absolute atomic E-state index is 10.8. The Bertz CT molecular complexity index is 339. The second kappa shape index (κ2) is 3.82. The number of carboxylic acids is 1. The van der Waals surface area contributed by atoms with Crippen LogP contribution in [0.1, 0.15) is 61.7 Å². The molecule has 0 radical (unpaired) electrons. The van der Waals surface area contributed by atoms with E-state index in [0.29, 0.717) is 11.7 Å². The summed E-state index contributed by atoms with van der Waals surface area (Å²) in [7, 11) is 0. The highest BCUT2D eigenvalue weighted by molar-refractivity contribution is 5.86. The first kappa shape index (κ1) is 10.8. The molecule has 14 heavy (non-hydrogen) atoms. The van der Waals surface area contributed by atoms with E-state index in [9.17, 15) is 4.79 Å². The lowest BCUT2D eigenvalue weighted by molar-refractivity contribution is 0.0688. The fourth-order valence-electron chi connectivity index (χ4n) is 1.14. The maximum atomic E-state index is 10.8. The molecule has 78 valence electrons. The smallest absolute Gasteiger partial charge is 0.358 e. The third kappa shape index (κ3) is 1.95. The van der Waals surface area contributed by atoms with E-state index in [4.69, 9.17) is 9.52 Å². The Morgan fingerprint density at radius 2 is 1.86 bits per heavy atom. The van der Waals surface area contributed by atoms with Gasteiger partial charge in [-0.3, -0.25) is 0 Å². The van der Waals surface area contributed by atoms with Crippen molar-refractivity contribution in [2.75, 3.05) is 0 Å². The number of hydrogen-bond acceptors (Lipinski definition) is 3. The summed E-state index contributed by atoms with van der Waals surface area (Å²) in [5.41, 5.74) is 0.0451. The van der Waals surface area contributed by atoms with E-state index in [2.05, 4.69) is 4.98 Å². The fourth-order valence-corrected chi connectivity index (χ4v) is 1.14. The van der Waals surface area contributed by atoms with Gasteiger partial charge in [0.2, 0.25) is 0 Å². The molecule has 0 unspecified atom stereocenters. The van der Waals surface area contributed by atoms with Crippen LogP contribution >= 0.6 is 0 Å². The summed E-state index contributed by atoms with van der Waals surface area (Å²) in [5.74, 6) is 0.0818. The molecular weight excluding hydrogens is 182 g/mol. The topological polar surface area (TPSA) is 63.3 Å². The third-order valence-electron chi connectivity index (χ3n) is 1.89. The standard InChI is InChI=1S/C10H15NO3/c1-5(2)8-7(10(12)13)11-9(14-8)6(3)4/h5-6H,1-4H3,(H,12,13). The van der Waals surface area contributed by atoms with Gasteiger partial charge in [-0.25, -0.2) is 9.78 Å². The van der Waals surface area contributed by atoms with Crippen LogP contribution < -0.4 is 0 Å².